The molecule has 1 amide bonds. The van der Waals surface area contributed by atoms with Crippen molar-refractivity contribution < 1.29 is 4.79 Å². The van der Waals surface area contributed by atoms with E-state index in [4.69, 9.17) is 5.73 Å². The van der Waals surface area contributed by atoms with Crippen LogP contribution in [-0.2, 0) is 11.3 Å². The lowest BCUT2D eigenvalue weighted by Gasteiger charge is -2.21. The molecule has 0 spiro atoms. The molecule has 1 aromatic heterocycles. The Hall–Kier alpha value is -1.42. The lowest BCUT2D eigenvalue weighted by molar-refractivity contribution is -0.118. The van der Waals surface area contributed by atoms with Crippen molar-refractivity contribution in [3.8, 4) is 0 Å². The highest BCUT2D eigenvalue weighted by atomic mass is 16.2. The zero-order chi connectivity index (χ0) is 11.4. The van der Waals surface area contributed by atoms with Gasteiger partial charge in [0.1, 0.15) is 5.82 Å². The number of hydrogen-bond acceptors (Lipinski definition) is 3. The maximum absolute atomic E-state index is 11.9. The lowest BCUT2D eigenvalue weighted by Crippen LogP contribution is -2.32. The van der Waals surface area contributed by atoms with Crippen LogP contribution in [0.2, 0.25) is 0 Å². The summed E-state index contributed by atoms with van der Waals surface area (Å²) in [7, 11) is 0. The van der Waals surface area contributed by atoms with Crippen LogP contribution < -0.4 is 10.6 Å². The molecule has 4 heteroatoms. The van der Waals surface area contributed by atoms with Crippen molar-refractivity contribution in [1.29, 1.82) is 0 Å². The molecule has 1 aliphatic heterocycles. The second-order valence-electron chi connectivity index (χ2n) is 4.05. The maximum atomic E-state index is 11.9. The number of carbonyl (C=O) groups excluding carboxylic acids is 1. The smallest absolute Gasteiger partial charge is 0.228 e. The topological polar surface area (TPSA) is 59.2 Å². The summed E-state index contributed by atoms with van der Waals surface area (Å²) < 4.78 is 0. The van der Waals surface area contributed by atoms with Crippen LogP contribution in [0, 0.1) is 0 Å². The van der Waals surface area contributed by atoms with Crippen LogP contribution in [-0.4, -0.2) is 17.4 Å². The number of aromatic nitrogens is 1. The van der Waals surface area contributed by atoms with Crippen LogP contribution in [0.15, 0.2) is 18.3 Å². The number of nitrogens with two attached hydrogens (primary N) is 1. The fourth-order valence-corrected chi connectivity index (χ4v) is 2.04. The minimum absolute atomic E-state index is 0.172. The summed E-state index contributed by atoms with van der Waals surface area (Å²) in [6, 6.07) is 3.79. The molecule has 1 fully saturated rings. The molecule has 0 unspecified atom stereocenters. The highest BCUT2D eigenvalue weighted by Crippen LogP contribution is 2.21. The van der Waals surface area contributed by atoms with E-state index < -0.39 is 0 Å². The number of amides is 1. The molecule has 86 valence electrons. The first-order valence-electron chi connectivity index (χ1n) is 5.77. The Balaban J connectivity index is 2.30. The standard InChI is InChI=1S/C12H17N3O/c13-9-10-5-4-7-14-12(10)15-8-3-1-2-6-11(15)16/h4-5,7H,1-3,6,8-9,13H2. The normalized spacial score (nSPS) is 17.3. The summed E-state index contributed by atoms with van der Waals surface area (Å²) in [5, 5.41) is 0. The van der Waals surface area contributed by atoms with E-state index >= 15 is 0 Å². The molecule has 2 rings (SSSR count). The zero-order valence-corrected chi connectivity index (χ0v) is 9.35. The van der Waals surface area contributed by atoms with E-state index in [0.717, 1.165) is 37.2 Å². The van der Waals surface area contributed by atoms with Gasteiger partial charge in [-0.15, -0.1) is 0 Å². The second-order valence-corrected chi connectivity index (χ2v) is 4.05. The van der Waals surface area contributed by atoms with Gasteiger partial charge >= 0.3 is 0 Å². The minimum atomic E-state index is 0.172. The SMILES string of the molecule is NCc1cccnc1N1CCCCCC1=O. The molecule has 0 aromatic carbocycles. The van der Waals surface area contributed by atoms with Gasteiger partial charge in [-0.05, 0) is 18.9 Å². The predicted molar refractivity (Wildman–Crippen MR) is 62.9 cm³/mol. The molecule has 0 radical (unpaired) electrons. The van der Waals surface area contributed by atoms with Gasteiger partial charge < -0.3 is 5.73 Å². The Morgan fingerprint density at radius 3 is 3.06 bits per heavy atom. The zero-order valence-electron chi connectivity index (χ0n) is 9.35. The molecule has 16 heavy (non-hydrogen) atoms. The molecule has 0 aliphatic carbocycles. The molecular formula is C12H17N3O. The van der Waals surface area contributed by atoms with Crippen molar-refractivity contribution in [1.82, 2.24) is 4.98 Å². The number of pyridine rings is 1. The molecular weight excluding hydrogens is 202 g/mol. The first-order chi connectivity index (χ1) is 7.83. The molecule has 0 atom stereocenters. The highest BCUT2D eigenvalue weighted by molar-refractivity contribution is 5.93. The Bertz CT molecular complexity index is 378. The molecule has 1 saturated heterocycles. The highest BCUT2D eigenvalue weighted by Gasteiger charge is 2.20. The van der Waals surface area contributed by atoms with E-state index in [2.05, 4.69) is 4.98 Å². The van der Waals surface area contributed by atoms with E-state index in [-0.39, 0.29) is 5.91 Å². The van der Waals surface area contributed by atoms with Crippen molar-refractivity contribution in [2.45, 2.75) is 32.2 Å². The van der Waals surface area contributed by atoms with Crippen LogP contribution in [0.1, 0.15) is 31.2 Å². The molecule has 1 aliphatic rings. The third-order valence-electron chi connectivity index (χ3n) is 2.92. The fraction of sp³-hybridized carbons (Fsp3) is 0.500. The fourth-order valence-electron chi connectivity index (χ4n) is 2.04. The molecule has 0 saturated carbocycles. The Morgan fingerprint density at radius 2 is 2.25 bits per heavy atom. The summed E-state index contributed by atoms with van der Waals surface area (Å²) in [5.41, 5.74) is 6.61. The summed E-state index contributed by atoms with van der Waals surface area (Å²) in [6.45, 7) is 1.19. The Labute approximate surface area is 95.5 Å². The van der Waals surface area contributed by atoms with Crippen LogP contribution in [0.4, 0.5) is 5.82 Å². The third-order valence-corrected chi connectivity index (χ3v) is 2.92. The van der Waals surface area contributed by atoms with Crippen molar-refractivity contribution in [2.75, 3.05) is 11.4 Å². The summed E-state index contributed by atoms with van der Waals surface area (Å²) in [5.74, 6) is 0.919. The van der Waals surface area contributed by atoms with E-state index in [1.54, 1.807) is 11.1 Å². The van der Waals surface area contributed by atoms with Gasteiger partial charge in [-0.2, -0.15) is 0 Å². The summed E-state index contributed by atoms with van der Waals surface area (Å²) in [6.07, 6.45) is 5.49. The van der Waals surface area contributed by atoms with E-state index in [0.29, 0.717) is 13.0 Å². The summed E-state index contributed by atoms with van der Waals surface area (Å²) >= 11 is 0. The number of carbonyl (C=O) groups is 1. The first-order valence-corrected chi connectivity index (χ1v) is 5.77. The molecule has 4 nitrogen and oxygen atoms in total. The monoisotopic (exact) mass is 219 g/mol. The number of hydrogen-bond donors (Lipinski definition) is 1. The van der Waals surface area contributed by atoms with Crippen LogP contribution in [0.5, 0.6) is 0 Å². The van der Waals surface area contributed by atoms with Gasteiger partial charge in [0.25, 0.3) is 0 Å². The van der Waals surface area contributed by atoms with Gasteiger partial charge in [-0.25, -0.2) is 4.98 Å². The number of anilines is 1. The average molecular weight is 219 g/mol. The maximum Gasteiger partial charge on any atom is 0.228 e. The van der Waals surface area contributed by atoms with Crippen LogP contribution in [0.3, 0.4) is 0 Å². The Kier molecular flexibility index (Phi) is 3.51. The van der Waals surface area contributed by atoms with Gasteiger partial charge in [-0.3, -0.25) is 9.69 Å². The van der Waals surface area contributed by atoms with Crippen molar-refractivity contribution in [3.05, 3.63) is 23.9 Å². The van der Waals surface area contributed by atoms with Crippen molar-refractivity contribution in [3.63, 3.8) is 0 Å². The predicted octanol–water partition coefficient (Wildman–Crippen LogP) is 1.45. The van der Waals surface area contributed by atoms with Crippen LogP contribution in [0.25, 0.3) is 0 Å². The quantitative estimate of drug-likeness (QED) is 0.819. The van der Waals surface area contributed by atoms with Gasteiger partial charge in [-0.1, -0.05) is 12.5 Å². The van der Waals surface area contributed by atoms with E-state index in [9.17, 15) is 4.79 Å². The Morgan fingerprint density at radius 1 is 1.38 bits per heavy atom. The molecule has 1 aromatic rings. The minimum Gasteiger partial charge on any atom is -0.326 e. The van der Waals surface area contributed by atoms with Gasteiger partial charge in [0.05, 0.1) is 0 Å². The van der Waals surface area contributed by atoms with E-state index in [1.165, 1.54) is 0 Å². The van der Waals surface area contributed by atoms with E-state index in [1.807, 2.05) is 12.1 Å². The number of nitrogens with zero attached hydrogens (tertiary/aromatic N) is 2. The lowest BCUT2D eigenvalue weighted by atomic mass is 10.2. The van der Waals surface area contributed by atoms with Crippen LogP contribution >= 0.6 is 0 Å². The molecule has 2 N–H and O–H groups in total. The van der Waals surface area contributed by atoms with Crippen molar-refractivity contribution >= 4 is 11.7 Å². The third kappa shape index (κ3) is 2.22. The largest absolute Gasteiger partial charge is 0.326 e. The average Bonchev–Trinajstić information content (AvgIpc) is 2.54. The number of rotatable bonds is 2. The first kappa shape index (κ1) is 11.1. The molecule has 2 heterocycles. The summed E-state index contributed by atoms with van der Waals surface area (Å²) in [4.78, 5) is 18.0. The van der Waals surface area contributed by atoms with Crippen molar-refractivity contribution in [2.24, 2.45) is 5.73 Å². The molecule has 0 bridgehead atoms. The second kappa shape index (κ2) is 5.07. The van der Waals surface area contributed by atoms with Gasteiger partial charge in [0.15, 0.2) is 0 Å². The van der Waals surface area contributed by atoms with Gasteiger partial charge in [0, 0.05) is 31.3 Å². The van der Waals surface area contributed by atoms with Gasteiger partial charge in [0.2, 0.25) is 5.91 Å².